The summed E-state index contributed by atoms with van der Waals surface area (Å²) in [6.45, 7) is 6.75. The van der Waals surface area contributed by atoms with Crippen molar-refractivity contribution in [1.82, 2.24) is 15.0 Å². The second kappa shape index (κ2) is 12.7. The molecule has 0 bridgehead atoms. The summed E-state index contributed by atoms with van der Waals surface area (Å²) in [4.78, 5) is 31.0. The standard InChI is InChI=1S/C37H42FN5O4Si/c1-25-35(48(2,3)38)32(19-21-41-24-30(39-40-41)34(45)27-13-5-4-6-14-27)47-37(25)29-16-7-8-17-31(29)43(36(37)46)23-26-12-11-15-28(22-26)42-20-10-9-18-33(42)44/h4-8,11-17,22,24-25,32,34-35,45H,9-10,18-21,23H2,1-3H3/t25-,32+,34+,35-,37+/m0/s1. The predicted octanol–water partition coefficient (Wildman–Crippen LogP) is 6.29. The number of aliphatic hydroxyl groups excluding tert-OH is 1. The number of piperidine rings is 1. The summed E-state index contributed by atoms with van der Waals surface area (Å²) < 4.78 is 24.8. The van der Waals surface area contributed by atoms with Crippen LogP contribution in [0.4, 0.5) is 15.5 Å². The van der Waals surface area contributed by atoms with Gasteiger partial charge in [0, 0.05) is 42.2 Å². The van der Waals surface area contributed by atoms with Crippen LogP contribution in [0.25, 0.3) is 0 Å². The van der Waals surface area contributed by atoms with Crippen LogP contribution in [0.5, 0.6) is 0 Å². The van der Waals surface area contributed by atoms with Crippen molar-refractivity contribution in [3.63, 3.8) is 0 Å². The van der Waals surface area contributed by atoms with Gasteiger partial charge in [0.05, 0.1) is 24.5 Å². The fourth-order valence-corrected chi connectivity index (χ4v) is 10.7. The Labute approximate surface area is 281 Å². The molecule has 1 aromatic heterocycles. The summed E-state index contributed by atoms with van der Waals surface area (Å²) in [5.41, 5.74) is 2.67. The van der Waals surface area contributed by atoms with Crippen LogP contribution in [0.15, 0.2) is 85.1 Å². The second-order valence-electron chi connectivity index (χ2n) is 13.9. The average Bonchev–Trinajstić information content (AvgIpc) is 3.75. The second-order valence-corrected chi connectivity index (χ2v) is 17.7. The Morgan fingerprint density at radius 3 is 2.58 bits per heavy atom. The van der Waals surface area contributed by atoms with Crippen LogP contribution in [-0.4, -0.2) is 53.0 Å². The molecule has 2 fully saturated rings. The van der Waals surface area contributed by atoms with Gasteiger partial charge in [0.1, 0.15) is 11.8 Å². The number of carbonyl (C=O) groups excluding carboxylic acids is 2. The van der Waals surface area contributed by atoms with Crippen LogP contribution in [0.2, 0.25) is 18.6 Å². The predicted molar refractivity (Wildman–Crippen MR) is 183 cm³/mol. The first-order valence-corrected chi connectivity index (χ1v) is 19.8. The van der Waals surface area contributed by atoms with Gasteiger partial charge in [-0.1, -0.05) is 72.8 Å². The summed E-state index contributed by atoms with van der Waals surface area (Å²) in [6, 6.07) is 24.8. The molecular weight excluding hydrogens is 626 g/mol. The van der Waals surface area contributed by atoms with E-state index in [0.29, 0.717) is 38.2 Å². The normalized spacial score (nSPS) is 24.8. The molecule has 3 aliphatic rings. The van der Waals surface area contributed by atoms with Crippen LogP contribution in [-0.2, 0) is 33.0 Å². The number of nitrogens with zero attached hydrogens (tertiary/aromatic N) is 5. The summed E-state index contributed by atoms with van der Waals surface area (Å²) in [7, 11) is -3.34. The maximum absolute atomic E-state index is 16.3. The number of benzene rings is 3. The van der Waals surface area contributed by atoms with E-state index in [0.717, 1.165) is 40.9 Å². The van der Waals surface area contributed by atoms with Gasteiger partial charge >= 0.3 is 0 Å². The fourth-order valence-electron chi connectivity index (χ4n) is 8.13. The van der Waals surface area contributed by atoms with Crippen molar-refractivity contribution in [1.29, 1.82) is 0 Å². The van der Waals surface area contributed by atoms with Gasteiger partial charge < -0.3 is 23.8 Å². The van der Waals surface area contributed by atoms with Gasteiger partial charge in [-0.3, -0.25) is 14.3 Å². The number of amides is 2. The molecule has 2 amide bonds. The number of para-hydroxylation sites is 1. The van der Waals surface area contributed by atoms with Crippen molar-refractivity contribution < 1.29 is 23.5 Å². The first-order valence-electron chi connectivity index (χ1n) is 16.9. The van der Waals surface area contributed by atoms with Gasteiger partial charge in [0.2, 0.25) is 14.3 Å². The molecule has 48 heavy (non-hydrogen) atoms. The van der Waals surface area contributed by atoms with Crippen molar-refractivity contribution in [2.45, 2.75) is 82.1 Å². The van der Waals surface area contributed by atoms with E-state index in [9.17, 15) is 14.7 Å². The molecule has 3 aromatic carbocycles. The van der Waals surface area contributed by atoms with Gasteiger partial charge in [0.15, 0.2) is 5.60 Å². The quantitative estimate of drug-likeness (QED) is 0.166. The molecule has 0 unspecified atom stereocenters. The SMILES string of the molecule is C[C@H]1[C@H]([Si](C)(C)F)[C@@H](CCn2cc([C@H](O)c3ccccc3)nn2)O[C@]12C(=O)N(Cc1cccc(N3CCCCC3=O)c1)c1ccccc12. The number of ether oxygens (including phenoxy) is 1. The number of fused-ring (bicyclic) bond motifs is 2. The largest absolute Gasteiger partial charge is 0.382 e. The monoisotopic (exact) mass is 667 g/mol. The molecule has 1 N–H and O–H groups in total. The lowest BCUT2D eigenvalue weighted by Gasteiger charge is -2.31. The van der Waals surface area contributed by atoms with Crippen molar-refractivity contribution in [3.05, 3.63) is 107 Å². The van der Waals surface area contributed by atoms with Crippen molar-refractivity contribution in [2.75, 3.05) is 16.3 Å². The average molecular weight is 668 g/mol. The Bertz CT molecular complexity index is 1810. The molecule has 4 heterocycles. The number of aryl methyl sites for hydroxylation is 1. The van der Waals surface area contributed by atoms with Crippen LogP contribution < -0.4 is 9.80 Å². The molecule has 0 radical (unpaired) electrons. The highest BCUT2D eigenvalue weighted by molar-refractivity contribution is 6.72. The van der Waals surface area contributed by atoms with Gasteiger partial charge in [-0.25, -0.2) is 0 Å². The zero-order valence-electron chi connectivity index (χ0n) is 27.6. The van der Waals surface area contributed by atoms with Crippen LogP contribution in [0.3, 0.4) is 0 Å². The summed E-state index contributed by atoms with van der Waals surface area (Å²) in [5, 5.41) is 19.3. The zero-order chi connectivity index (χ0) is 33.6. The number of hydrogen-bond donors (Lipinski definition) is 1. The van der Waals surface area contributed by atoms with E-state index in [4.69, 9.17) is 4.74 Å². The van der Waals surface area contributed by atoms with Crippen LogP contribution in [0, 0.1) is 5.92 Å². The lowest BCUT2D eigenvalue weighted by Crippen LogP contribution is -2.45. The Balaban J connectivity index is 1.15. The number of carbonyl (C=O) groups is 2. The Kier molecular flexibility index (Phi) is 8.55. The zero-order valence-corrected chi connectivity index (χ0v) is 28.6. The number of aliphatic hydroxyl groups is 1. The van der Waals surface area contributed by atoms with E-state index in [-0.39, 0.29) is 11.8 Å². The van der Waals surface area contributed by atoms with Gasteiger partial charge in [0.25, 0.3) is 5.91 Å². The van der Waals surface area contributed by atoms with E-state index in [1.807, 2.05) is 90.7 Å². The highest BCUT2D eigenvalue weighted by atomic mass is 28.4. The number of aromatic nitrogens is 3. The van der Waals surface area contributed by atoms with Crippen molar-refractivity contribution >= 4 is 31.6 Å². The molecule has 3 aliphatic heterocycles. The molecule has 9 nitrogen and oxygen atoms in total. The summed E-state index contributed by atoms with van der Waals surface area (Å²) in [6.07, 6.45) is 3.14. The fraction of sp³-hybridized carbons (Fsp3) is 0.405. The first-order chi connectivity index (χ1) is 23.1. The van der Waals surface area contributed by atoms with Gasteiger partial charge in [-0.05, 0) is 61.7 Å². The van der Waals surface area contributed by atoms with E-state index < -0.39 is 37.7 Å². The minimum Gasteiger partial charge on any atom is -0.382 e. The van der Waals surface area contributed by atoms with Crippen LogP contribution in [0.1, 0.15) is 61.1 Å². The van der Waals surface area contributed by atoms with Gasteiger partial charge in [-0.15, -0.1) is 5.10 Å². The third kappa shape index (κ3) is 5.67. The first kappa shape index (κ1) is 32.4. The van der Waals surface area contributed by atoms with Crippen LogP contribution >= 0.6 is 0 Å². The Morgan fingerprint density at radius 1 is 1.04 bits per heavy atom. The third-order valence-electron chi connectivity index (χ3n) is 10.3. The van der Waals surface area contributed by atoms with E-state index in [1.54, 1.807) is 28.9 Å². The third-order valence-corrected chi connectivity index (χ3v) is 12.8. The molecule has 7 rings (SSSR count). The van der Waals surface area contributed by atoms with E-state index in [2.05, 4.69) is 10.3 Å². The number of hydrogen-bond acceptors (Lipinski definition) is 6. The minimum absolute atomic E-state index is 0.123. The molecule has 11 heteroatoms. The number of rotatable bonds is 9. The molecule has 1 spiro atoms. The lowest BCUT2D eigenvalue weighted by molar-refractivity contribution is -0.146. The highest BCUT2D eigenvalue weighted by Crippen LogP contribution is 2.60. The van der Waals surface area contributed by atoms with Crippen molar-refractivity contribution in [2.24, 2.45) is 5.92 Å². The molecule has 0 aliphatic carbocycles. The smallest absolute Gasteiger partial charge is 0.264 e. The number of halogens is 1. The highest BCUT2D eigenvalue weighted by Gasteiger charge is 2.66. The van der Waals surface area contributed by atoms with E-state index in [1.165, 1.54) is 0 Å². The topological polar surface area (TPSA) is 101 Å². The van der Waals surface area contributed by atoms with E-state index >= 15 is 4.11 Å². The summed E-state index contributed by atoms with van der Waals surface area (Å²) in [5.74, 6) is -0.468. The maximum Gasteiger partial charge on any atom is 0.264 e. The molecule has 5 atom stereocenters. The molecular formula is C37H42FN5O4Si. The van der Waals surface area contributed by atoms with Gasteiger partial charge in [-0.2, -0.15) is 0 Å². The lowest BCUT2D eigenvalue weighted by atomic mass is 9.82. The maximum atomic E-state index is 16.3. The molecule has 250 valence electrons. The molecule has 4 aromatic rings. The molecule has 0 saturated carbocycles. The summed E-state index contributed by atoms with van der Waals surface area (Å²) >= 11 is 0. The minimum atomic E-state index is -3.34. The molecule has 2 saturated heterocycles. The number of anilines is 2. The van der Waals surface area contributed by atoms with Crippen molar-refractivity contribution in [3.8, 4) is 0 Å². The Morgan fingerprint density at radius 2 is 1.81 bits per heavy atom. The Hall–Kier alpha value is -4.19.